The molecular weight excluding hydrogens is 266 g/mol. The minimum absolute atomic E-state index is 0.234. The van der Waals surface area contributed by atoms with Gasteiger partial charge in [0.05, 0.1) is 18.5 Å². The molecule has 0 fully saturated rings. The summed E-state index contributed by atoms with van der Waals surface area (Å²) in [4.78, 5) is 15.7. The molecule has 0 bridgehead atoms. The Bertz CT molecular complexity index is 590. The first-order valence-corrected chi connectivity index (χ1v) is 5.90. The van der Waals surface area contributed by atoms with Gasteiger partial charge < -0.3 is 15.4 Å². The molecule has 6 heteroatoms. The molecule has 1 aromatic heterocycles. The number of urea groups is 1. The number of amides is 2. The number of rotatable bonds is 3. The lowest BCUT2D eigenvalue weighted by atomic mass is 10.3. The number of nitrogens with one attached hydrogen (secondary N) is 2. The predicted octanol–water partition coefficient (Wildman–Crippen LogP) is 3.39. The van der Waals surface area contributed by atoms with Crippen LogP contribution in [-0.2, 0) is 0 Å². The van der Waals surface area contributed by atoms with Crippen molar-refractivity contribution in [3.05, 3.63) is 47.7 Å². The van der Waals surface area contributed by atoms with Crippen molar-refractivity contribution in [2.75, 3.05) is 17.7 Å². The second kappa shape index (κ2) is 6.06. The van der Waals surface area contributed by atoms with Crippen LogP contribution in [0.25, 0.3) is 0 Å². The number of hydrogen-bond donors (Lipinski definition) is 2. The maximum atomic E-state index is 11.8. The molecule has 0 spiro atoms. The number of benzene rings is 1. The minimum atomic E-state index is -0.417. The van der Waals surface area contributed by atoms with Gasteiger partial charge in [-0.2, -0.15) is 0 Å². The van der Waals surface area contributed by atoms with E-state index < -0.39 is 6.03 Å². The van der Waals surface area contributed by atoms with Crippen LogP contribution in [0.3, 0.4) is 0 Å². The number of pyridine rings is 1. The van der Waals surface area contributed by atoms with Gasteiger partial charge in [-0.3, -0.25) is 0 Å². The van der Waals surface area contributed by atoms with Crippen LogP contribution < -0.4 is 15.4 Å². The summed E-state index contributed by atoms with van der Waals surface area (Å²) >= 11 is 5.85. The summed E-state index contributed by atoms with van der Waals surface area (Å²) in [5.74, 6) is 0.579. The molecule has 0 aliphatic carbocycles. The number of hydrogen-bond acceptors (Lipinski definition) is 3. The van der Waals surface area contributed by atoms with E-state index in [9.17, 15) is 4.79 Å². The number of anilines is 2. The molecule has 0 atom stereocenters. The Hall–Kier alpha value is -2.27. The van der Waals surface area contributed by atoms with Gasteiger partial charge >= 0.3 is 6.03 Å². The van der Waals surface area contributed by atoms with E-state index in [1.807, 2.05) is 6.07 Å². The van der Waals surface area contributed by atoms with Crippen LogP contribution in [0.1, 0.15) is 0 Å². The first-order chi connectivity index (χ1) is 9.20. The normalized spacial score (nSPS) is 9.79. The zero-order valence-corrected chi connectivity index (χ0v) is 10.9. The van der Waals surface area contributed by atoms with Crippen LogP contribution in [0.4, 0.5) is 16.2 Å². The van der Waals surface area contributed by atoms with Crippen LogP contribution in [-0.4, -0.2) is 18.1 Å². The number of halogens is 1. The monoisotopic (exact) mass is 277 g/mol. The topological polar surface area (TPSA) is 63.2 Å². The van der Waals surface area contributed by atoms with Crippen molar-refractivity contribution in [1.82, 2.24) is 4.98 Å². The lowest BCUT2D eigenvalue weighted by molar-refractivity contribution is 0.262. The second-order valence-electron chi connectivity index (χ2n) is 3.62. The molecule has 19 heavy (non-hydrogen) atoms. The quantitative estimate of drug-likeness (QED) is 0.845. The number of ether oxygens (including phenoxy) is 1. The summed E-state index contributed by atoms with van der Waals surface area (Å²) in [6.45, 7) is 0. The van der Waals surface area contributed by atoms with E-state index in [0.29, 0.717) is 17.1 Å². The fraction of sp³-hybridized carbons (Fsp3) is 0.0769. The Kier molecular flexibility index (Phi) is 4.20. The van der Waals surface area contributed by atoms with E-state index in [0.717, 1.165) is 0 Å². The van der Waals surface area contributed by atoms with E-state index in [1.165, 1.54) is 7.11 Å². The van der Waals surface area contributed by atoms with Gasteiger partial charge in [-0.25, -0.2) is 9.78 Å². The number of carbonyl (C=O) groups excluding carboxylic acids is 1. The van der Waals surface area contributed by atoms with Crippen LogP contribution in [0, 0.1) is 0 Å². The van der Waals surface area contributed by atoms with Gasteiger partial charge in [-0.15, -0.1) is 0 Å². The van der Waals surface area contributed by atoms with Crippen molar-refractivity contribution >= 4 is 29.0 Å². The highest BCUT2D eigenvalue weighted by Gasteiger charge is 2.08. The first kappa shape index (κ1) is 13.2. The molecule has 2 rings (SSSR count). The molecule has 0 saturated heterocycles. The van der Waals surface area contributed by atoms with Gasteiger partial charge in [0.15, 0.2) is 5.15 Å². The molecule has 2 N–H and O–H groups in total. The van der Waals surface area contributed by atoms with E-state index in [-0.39, 0.29) is 5.15 Å². The third kappa shape index (κ3) is 3.35. The summed E-state index contributed by atoms with van der Waals surface area (Å²) in [7, 11) is 1.54. The van der Waals surface area contributed by atoms with Crippen LogP contribution in [0.15, 0.2) is 42.6 Å². The number of methoxy groups -OCH3 is 1. The standard InChI is InChI=1S/C13H12ClN3O2/c1-19-11-7-3-2-5-9(11)16-13(18)17-10-6-4-8-15-12(10)14/h2-8H,1H3,(H2,16,17,18). The lowest BCUT2D eigenvalue weighted by Crippen LogP contribution is -2.20. The van der Waals surface area contributed by atoms with Gasteiger partial charge in [0, 0.05) is 6.20 Å². The average Bonchev–Trinajstić information content (AvgIpc) is 2.42. The molecule has 0 aliphatic rings. The van der Waals surface area contributed by atoms with Gasteiger partial charge in [0.25, 0.3) is 0 Å². The molecule has 2 aromatic rings. The Balaban J connectivity index is 2.08. The molecule has 0 radical (unpaired) electrons. The number of carbonyl (C=O) groups is 1. The van der Waals surface area contributed by atoms with Crippen molar-refractivity contribution < 1.29 is 9.53 Å². The molecule has 2 amide bonds. The summed E-state index contributed by atoms with van der Waals surface area (Å²) in [6.07, 6.45) is 1.55. The van der Waals surface area contributed by atoms with E-state index in [2.05, 4.69) is 15.6 Å². The van der Waals surface area contributed by atoms with Crippen molar-refractivity contribution in [2.45, 2.75) is 0 Å². The van der Waals surface area contributed by atoms with Crippen molar-refractivity contribution in [3.8, 4) is 5.75 Å². The SMILES string of the molecule is COc1ccccc1NC(=O)Nc1cccnc1Cl. The van der Waals surface area contributed by atoms with Gasteiger partial charge in [0.2, 0.25) is 0 Å². The summed E-state index contributed by atoms with van der Waals surface area (Å²) in [5.41, 5.74) is 1.01. The van der Waals surface area contributed by atoms with Gasteiger partial charge in [-0.05, 0) is 24.3 Å². The number of aromatic nitrogens is 1. The maximum absolute atomic E-state index is 11.8. The number of nitrogens with zero attached hydrogens (tertiary/aromatic N) is 1. The molecule has 1 heterocycles. The Morgan fingerprint density at radius 2 is 1.84 bits per heavy atom. The average molecular weight is 278 g/mol. The lowest BCUT2D eigenvalue weighted by Gasteiger charge is -2.11. The zero-order chi connectivity index (χ0) is 13.7. The van der Waals surface area contributed by atoms with Gasteiger partial charge in [0.1, 0.15) is 5.75 Å². The highest BCUT2D eigenvalue weighted by molar-refractivity contribution is 6.32. The van der Waals surface area contributed by atoms with Crippen molar-refractivity contribution in [1.29, 1.82) is 0 Å². The molecule has 5 nitrogen and oxygen atoms in total. The molecule has 0 saturated carbocycles. The van der Waals surface area contributed by atoms with Gasteiger partial charge in [-0.1, -0.05) is 23.7 Å². The van der Waals surface area contributed by atoms with Crippen molar-refractivity contribution in [3.63, 3.8) is 0 Å². The number of para-hydroxylation sites is 2. The third-order valence-electron chi connectivity index (χ3n) is 2.36. The van der Waals surface area contributed by atoms with E-state index in [4.69, 9.17) is 16.3 Å². The maximum Gasteiger partial charge on any atom is 0.323 e. The van der Waals surface area contributed by atoms with Crippen LogP contribution in [0.2, 0.25) is 5.15 Å². The first-order valence-electron chi connectivity index (χ1n) is 5.52. The molecule has 98 valence electrons. The highest BCUT2D eigenvalue weighted by atomic mass is 35.5. The second-order valence-corrected chi connectivity index (χ2v) is 3.98. The molecular formula is C13H12ClN3O2. The zero-order valence-electron chi connectivity index (χ0n) is 10.2. The fourth-order valence-corrected chi connectivity index (χ4v) is 1.67. The summed E-state index contributed by atoms with van der Waals surface area (Å²) in [6, 6.07) is 10.0. The predicted molar refractivity (Wildman–Crippen MR) is 74.9 cm³/mol. The van der Waals surface area contributed by atoms with E-state index >= 15 is 0 Å². The molecule has 0 aliphatic heterocycles. The Labute approximate surface area is 115 Å². The fourth-order valence-electron chi connectivity index (χ4n) is 1.50. The summed E-state index contributed by atoms with van der Waals surface area (Å²) in [5, 5.41) is 5.52. The Morgan fingerprint density at radius 1 is 1.16 bits per heavy atom. The van der Waals surface area contributed by atoms with E-state index in [1.54, 1.807) is 36.5 Å². The largest absolute Gasteiger partial charge is 0.495 e. The minimum Gasteiger partial charge on any atom is -0.495 e. The van der Waals surface area contributed by atoms with Crippen LogP contribution >= 0.6 is 11.6 Å². The molecule has 1 aromatic carbocycles. The third-order valence-corrected chi connectivity index (χ3v) is 2.66. The smallest absolute Gasteiger partial charge is 0.323 e. The van der Waals surface area contributed by atoms with Crippen molar-refractivity contribution in [2.24, 2.45) is 0 Å². The molecule has 0 unspecified atom stereocenters. The Morgan fingerprint density at radius 3 is 2.58 bits per heavy atom. The highest BCUT2D eigenvalue weighted by Crippen LogP contribution is 2.23. The summed E-state index contributed by atoms with van der Waals surface area (Å²) < 4.78 is 5.14. The van der Waals surface area contributed by atoms with Crippen LogP contribution in [0.5, 0.6) is 5.75 Å².